The lowest BCUT2D eigenvalue weighted by molar-refractivity contribution is 0.0600. The Hall–Kier alpha value is -3.09. The number of nitrogens with zero attached hydrogens (tertiary/aromatic N) is 2. The number of esters is 1. The van der Waals surface area contributed by atoms with E-state index in [1.807, 2.05) is 30.3 Å². The maximum Gasteiger partial charge on any atom is 0.337 e. The molecule has 1 N–H and O–H groups in total. The molecule has 1 saturated heterocycles. The fourth-order valence-corrected chi connectivity index (χ4v) is 4.10. The van der Waals surface area contributed by atoms with Gasteiger partial charge >= 0.3 is 5.97 Å². The van der Waals surface area contributed by atoms with E-state index in [4.69, 9.17) is 16.3 Å². The van der Waals surface area contributed by atoms with Crippen molar-refractivity contribution in [1.29, 1.82) is 0 Å². The van der Waals surface area contributed by atoms with Crippen LogP contribution < -0.4 is 10.2 Å². The standard InChI is InChI=1S/C24H24ClN3O3/c1-27-11-13-28(14-12-27)22-10-9-16(24(30)31-2)15-21(22)26-23(29)19-7-3-6-18-17(19)5-4-8-20(18)25/h3-10,15H,11-14H2,1-2H3,(H,26,29). The molecule has 0 spiro atoms. The molecule has 0 bridgehead atoms. The maximum absolute atomic E-state index is 13.3. The summed E-state index contributed by atoms with van der Waals surface area (Å²) in [7, 11) is 3.43. The van der Waals surface area contributed by atoms with Gasteiger partial charge in [0.1, 0.15) is 0 Å². The number of methoxy groups -OCH3 is 1. The topological polar surface area (TPSA) is 61.9 Å². The molecule has 1 aliphatic heterocycles. The second-order valence-corrected chi connectivity index (χ2v) is 8.02. The first-order valence-corrected chi connectivity index (χ1v) is 10.5. The molecule has 1 fully saturated rings. The number of halogens is 1. The number of rotatable bonds is 4. The largest absolute Gasteiger partial charge is 0.465 e. The van der Waals surface area contributed by atoms with Crippen LogP contribution in [-0.2, 0) is 4.74 Å². The average molecular weight is 438 g/mol. The van der Waals surface area contributed by atoms with E-state index in [1.165, 1.54) is 7.11 Å². The summed E-state index contributed by atoms with van der Waals surface area (Å²) in [6.07, 6.45) is 0. The summed E-state index contributed by atoms with van der Waals surface area (Å²) in [6, 6.07) is 16.3. The minimum atomic E-state index is -0.447. The second-order valence-electron chi connectivity index (χ2n) is 7.61. The smallest absolute Gasteiger partial charge is 0.337 e. The Balaban J connectivity index is 1.71. The molecule has 1 amide bonds. The van der Waals surface area contributed by atoms with Crippen molar-refractivity contribution in [1.82, 2.24) is 4.90 Å². The van der Waals surface area contributed by atoms with Gasteiger partial charge in [0, 0.05) is 42.2 Å². The summed E-state index contributed by atoms with van der Waals surface area (Å²) >= 11 is 6.31. The highest BCUT2D eigenvalue weighted by Gasteiger charge is 2.21. The van der Waals surface area contributed by atoms with Crippen LogP contribution in [0.5, 0.6) is 0 Å². The average Bonchev–Trinajstić information content (AvgIpc) is 2.79. The number of carbonyl (C=O) groups is 2. The number of hydrogen-bond donors (Lipinski definition) is 1. The molecule has 1 aliphatic rings. The van der Waals surface area contributed by atoms with E-state index < -0.39 is 5.97 Å². The number of piperazine rings is 1. The number of carbonyl (C=O) groups excluding carboxylic acids is 2. The lowest BCUT2D eigenvalue weighted by Gasteiger charge is -2.35. The summed E-state index contributed by atoms with van der Waals surface area (Å²) in [6.45, 7) is 3.52. The number of ether oxygens (including phenoxy) is 1. The molecular weight excluding hydrogens is 414 g/mol. The number of anilines is 2. The van der Waals surface area contributed by atoms with E-state index in [0.29, 0.717) is 21.8 Å². The lowest BCUT2D eigenvalue weighted by atomic mass is 10.0. The number of nitrogens with one attached hydrogen (secondary N) is 1. The van der Waals surface area contributed by atoms with Gasteiger partial charge in [-0.2, -0.15) is 0 Å². The number of amides is 1. The van der Waals surface area contributed by atoms with Gasteiger partial charge in [0.15, 0.2) is 0 Å². The summed E-state index contributed by atoms with van der Waals surface area (Å²) in [5, 5.41) is 5.21. The first kappa shape index (κ1) is 21.2. The van der Waals surface area contributed by atoms with E-state index >= 15 is 0 Å². The van der Waals surface area contributed by atoms with Crippen LogP contribution in [0.2, 0.25) is 5.02 Å². The monoisotopic (exact) mass is 437 g/mol. The van der Waals surface area contributed by atoms with Crippen molar-refractivity contribution in [2.75, 3.05) is 50.6 Å². The Morgan fingerprint density at radius 3 is 2.42 bits per heavy atom. The van der Waals surface area contributed by atoms with Gasteiger partial charge in [0.25, 0.3) is 5.91 Å². The zero-order chi connectivity index (χ0) is 22.0. The Morgan fingerprint density at radius 1 is 0.968 bits per heavy atom. The molecule has 4 rings (SSSR count). The molecule has 0 radical (unpaired) electrons. The Bertz CT molecular complexity index is 1140. The highest BCUT2D eigenvalue weighted by atomic mass is 35.5. The van der Waals surface area contributed by atoms with Crippen molar-refractivity contribution in [2.24, 2.45) is 0 Å². The number of benzene rings is 3. The summed E-state index contributed by atoms with van der Waals surface area (Å²) in [5.74, 6) is -0.706. The molecule has 0 aromatic heterocycles. The van der Waals surface area contributed by atoms with Gasteiger partial charge < -0.3 is 19.9 Å². The minimum absolute atomic E-state index is 0.259. The summed E-state index contributed by atoms with van der Waals surface area (Å²) in [5.41, 5.74) is 2.37. The lowest BCUT2D eigenvalue weighted by Crippen LogP contribution is -2.44. The highest BCUT2D eigenvalue weighted by Crippen LogP contribution is 2.31. The second kappa shape index (κ2) is 8.96. The van der Waals surface area contributed by atoms with Crippen molar-refractivity contribution in [2.45, 2.75) is 0 Å². The fourth-order valence-electron chi connectivity index (χ4n) is 3.86. The van der Waals surface area contributed by atoms with Crippen molar-refractivity contribution in [3.8, 4) is 0 Å². The molecule has 0 saturated carbocycles. The molecule has 7 heteroatoms. The SMILES string of the molecule is COC(=O)c1ccc(N2CCN(C)CC2)c(NC(=O)c2cccc3c(Cl)cccc23)c1. The molecule has 160 valence electrons. The van der Waals surface area contributed by atoms with Crippen molar-refractivity contribution in [3.63, 3.8) is 0 Å². The third-order valence-electron chi connectivity index (χ3n) is 5.62. The Kier molecular flexibility index (Phi) is 6.11. The maximum atomic E-state index is 13.3. The van der Waals surface area contributed by atoms with E-state index in [1.54, 1.807) is 24.3 Å². The predicted octanol–water partition coefficient (Wildman–Crippen LogP) is 4.28. The molecule has 0 unspecified atom stereocenters. The zero-order valence-corrected chi connectivity index (χ0v) is 18.3. The molecule has 31 heavy (non-hydrogen) atoms. The molecule has 1 heterocycles. The van der Waals surface area contributed by atoms with Crippen molar-refractivity contribution in [3.05, 3.63) is 70.7 Å². The van der Waals surface area contributed by atoms with Crippen LogP contribution in [0.4, 0.5) is 11.4 Å². The Morgan fingerprint density at radius 2 is 1.68 bits per heavy atom. The van der Waals surface area contributed by atoms with E-state index in [2.05, 4.69) is 22.2 Å². The summed E-state index contributed by atoms with van der Waals surface area (Å²) < 4.78 is 4.86. The first-order chi connectivity index (χ1) is 15.0. The third-order valence-corrected chi connectivity index (χ3v) is 5.95. The zero-order valence-electron chi connectivity index (χ0n) is 17.5. The van der Waals surface area contributed by atoms with Crippen LogP contribution in [-0.4, -0.2) is 57.1 Å². The van der Waals surface area contributed by atoms with E-state index in [-0.39, 0.29) is 5.91 Å². The van der Waals surface area contributed by atoms with Gasteiger partial charge in [-0.1, -0.05) is 35.9 Å². The normalized spacial score (nSPS) is 14.5. The highest BCUT2D eigenvalue weighted by molar-refractivity contribution is 6.36. The van der Waals surface area contributed by atoms with Crippen LogP contribution in [0, 0.1) is 0 Å². The van der Waals surface area contributed by atoms with Gasteiger partial charge in [-0.25, -0.2) is 4.79 Å². The van der Waals surface area contributed by atoms with Gasteiger partial charge in [-0.3, -0.25) is 4.79 Å². The van der Waals surface area contributed by atoms with E-state index in [0.717, 1.165) is 42.6 Å². The molecule has 0 aliphatic carbocycles. The first-order valence-electron chi connectivity index (χ1n) is 10.1. The van der Waals surface area contributed by atoms with Crippen LogP contribution in [0.3, 0.4) is 0 Å². The van der Waals surface area contributed by atoms with Gasteiger partial charge in [-0.05, 0) is 42.8 Å². The van der Waals surface area contributed by atoms with Crippen LogP contribution in [0.1, 0.15) is 20.7 Å². The number of hydrogen-bond acceptors (Lipinski definition) is 5. The molecule has 0 atom stereocenters. The van der Waals surface area contributed by atoms with Crippen LogP contribution >= 0.6 is 11.6 Å². The molecule has 3 aromatic carbocycles. The van der Waals surface area contributed by atoms with E-state index in [9.17, 15) is 9.59 Å². The van der Waals surface area contributed by atoms with Crippen molar-refractivity contribution < 1.29 is 14.3 Å². The van der Waals surface area contributed by atoms with Crippen molar-refractivity contribution >= 4 is 45.6 Å². The Labute approximate surface area is 186 Å². The fraction of sp³-hybridized carbons (Fsp3) is 0.250. The predicted molar refractivity (Wildman–Crippen MR) is 124 cm³/mol. The quantitative estimate of drug-likeness (QED) is 0.617. The third kappa shape index (κ3) is 4.36. The van der Waals surface area contributed by atoms with Gasteiger partial charge in [0.2, 0.25) is 0 Å². The van der Waals surface area contributed by atoms with Crippen LogP contribution in [0.25, 0.3) is 10.8 Å². The number of fused-ring (bicyclic) bond motifs is 1. The molecule has 6 nitrogen and oxygen atoms in total. The summed E-state index contributed by atoms with van der Waals surface area (Å²) in [4.78, 5) is 29.9. The number of likely N-dealkylation sites (N-methyl/N-ethyl adjacent to an activating group) is 1. The molecule has 3 aromatic rings. The van der Waals surface area contributed by atoms with Crippen LogP contribution in [0.15, 0.2) is 54.6 Å². The molecular formula is C24H24ClN3O3. The van der Waals surface area contributed by atoms with Gasteiger partial charge in [-0.15, -0.1) is 0 Å². The van der Waals surface area contributed by atoms with Gasteiger partial charge in [0.05, 0.1) is 24.0 Å². The minimum Gasteiger partial charge on any atom is -0.465 e.